The molecule has 0 aliphatic heterocycles. The van der Waals surface area contributed by atoms with Crippen LogP contribution in [0.2, 0.25) is 0 Å². The first kappa shape index (κ1) is 17.2. The lowest BCUT2D eigenvalue weighted by Gasteiger charge is -2.10. The minimum absolute atomic E-state index is 0.0940. The molecule has 5 nitrogen and oxygen atoms in total. The first-order valence-corrected chi connectivity index (χ1v) is 8.66. The monoisotopic (exact) mass is 357 g/mol. The van der Waals surface area contributed by atoms with Crippen LogP contribution in [0, 0.1) is 12.7 Å². The van der Waals surface area contributed by atoms with Crippen LogP contribution < -0.4 is 5.32 Å². The SMILES string of the molecule is Cc1csc2nc(CCC(=O)C=O)nc(NCc3ccc(F)cc3)c12. The van der Waals surface area contributed by atoms with E-state index >= 15 is 0 Å². The maximum atomic E-state index is 13.0. The fourth-order valence-corrected chi connectivity index (χ4v) is 3.39. The number of aldehydes is 1. The van der Waals surface area contributed by atoms with E-state index in [0.717, 1.165) is 21.3 Å². The quantitative estimate of drug-likeness (QED) is 0.518. The van der Waals surface area contributed by atoms with Gasteiger partial charge in [-0.15, -0.1) is 11.3 Å². The normalized spacial score (nSPS) is 10.8. The van der Waals surface area contributed by atoms with Gasteiger partial charge in [-0.05, 0) is 35.6 Å². The second-order valence-corrected chi connectivity index (χ2v) is 6.51. The minimum Gasteiger partial charge on any atom is -0.365 e. The van der Waals surface area contributed by atoms with E-state index < -0.39 is 5.78 Å². The molecule has 128 valence electrons. The van der Waals surface area contributed by atoms with Crippen molar-refractivity contribution >= 4 is 39.4 Å². The molecule has 25 heavy (non-hydrogen) atoms. The molecule has 2 heterocycles. The van der Waals surface area contributed by atoms with E-state index in [1.165, 1.54) is 23.5 Å². The minimum atomic E-state index is -0.466. The zero-order valence-corrected chi connectivity index (χ0v) is 14.4. The summed E-state index contributed by atoms with van der Waals surface area (Å²) in [6.45, 7) is 2.48. The number of nitrogens with zero attached hydrogens (tertiary/aromatic N) is 2. The molecule has 3 rings (SSSR count). The van der Waals surface area contributed by atoms with Gasteiger partial charge in [-0.1, -0.05) is 12.1 Å². The van der Waals surface area contributed by atoms with Crippen molar-refractivity contribution in [2.45, 2.75) is 26.3 Å². The third-order valence-electron chi connectivity index (χ3n) is 3.76. The van der Waals surface area contributed by atoms with E-state index in [0.29, 0.717) is 30.9 Å². The summed E-state index contributed by atoms with van der Waals surface area (Å²) in [5.41, 5.74) is 2.00. The maximum Gasteiger partial charge on any atom is 0.195 e. The summed E-state index contributed by atoms with van der Waals surface area (Å²) in [5.74, 6) is 0.462. The number of benzene rings is 1. The Morgan fingerprint density at radius 3 is 2.76 bits per heavy atom. The molecule has 0 atom stereocenters. The molecular formula is C18H16FN3O2S. The average Bonchev–Trinajstić information content (AvgIpc) is 3.00. The summed E-state index contributed by atoms with van der Waals surface area (Å²) in [6, 6.07) is 6.26. The number of rotatable bonds is 7. The van der Waals surface area contributed by atoms with Crippen LogP contribution in [-0.4, -0.2) is 22.0 Å². The third-order valence-corrected chi connectivity index (χ3v) is 4.75. The summed E-state index contributed by atoms with van der Waals surface area (Å²) in [7, 11) is 0. The number of carbonyl (C=O) groups excluding carboxylic acids is 2. The molecule has 1 N–H and O–H groups in total. The summed E-state index contributed by atoms with van der Waals surface area (Å²) < 4.78 is 13.0. The fraction of sp³-hybridized carbons (Fsp3) is 0.222. The van der Waals surface area contributed by atoms with Crippen LogP contribution in [0.1, 0.15) is 23.4 Å². The molecule has 1 aromatic carbocycles. The lowest BCUT2D eigenvalue weighted by Crippen LogP contribution is -2.07. The molecule has 0 aliphatic carbocycles. The molecule has 0 saturated heterocycles. The first-order valence-electron chi connectivity index (χ1n) is 7.78. The van der Waals surface area contributed by atoms with Gasteiger partial charge < -0.3 is 5.32 Å². The van der Waals surface area contributed by atoms with Gasteiger partial charge in [-0.3, -0.25) is 9.59 Å². The molecular weight excluding hydrogens is 341 g/mol. The van der Waals surface area contributed by atoms with Crippen LogP contribution in [0.3, 0.4) is 0 Å². The van der Waals surface area contributed by atoms with E-state index in [-0.39, 0.29) is 12.2 Å². The Kier molecular flexibility index (Phi) is 5.14. The Hall–Kier alpha value is -2.67. The molecule has 0 aliphatic rings. The molecule has 0 radical (unpaired) electrons. The van der Waals surface area contributed by atoms with Crippen molar-refractivity contribution in [2.24, 2.45) is 0 Å². The molecule has 0 amide bonds. The van der Waals surface area contributed by atoms with Gasteiger partial charge in [0.1, 0.15) is 22.3 Å². The van der Waals surface area contributed by atoms with Gasteiger partial charge in [0.25, 0.3) is 0 Å². The Morgan fingerprint density at radius 2 is 2.04 bits per heavy atom. The summed E-state index contributed by atoms with van der Waals surface area (Å²) in [5, 5.41) is 6.22. The molecule has 0 bridgehead atoms. The standard InChI is InChI=1S/C18H16FN3O2S/c1-11-10-25-18-16(11)17(20-8-12-2-4-13(19)5-3-12)21-15(22-18)7-6-14(24)9-23/h2-5,9-10H,6-8H2,1H3,(H,20,21,22). The number of thiophene rings is 1. The number of nitrogens with one attached hydrogen (secondary N) is 1. The number of hydrogen-bond donors (Lipinski definition) is 1. The summed E-state index contributed by atoms with van der Waals surface area (Å²) in [6.07, 6.45) is 0.730. The Balaban J connectivity index is 1.85. The van der Waals surface area contributed by atoms with Crippen LogP contribution in [-0.2, 0) is 22.6 Å². The van der Waals surface area contributed by atoms with Crippen molar-refractivity contribution < 1.29 is 14.0 Å². The van der Waals surface area contributed by atoms with Crippen LogP contribution in [0.5, 0.6) is 0 Å². The van der Waals surface area contributed by atoms with Crippen molar-refractivity contribution in [3.8, 4) is 0 Å². The van der Waals surface area contributed by atoms with Crippen LogP contribution >= 0.6 is 11.3 Å². The van der Waals surface area contributed by atoms with Crippen molar-refractivity contribution in [1.29, 1.82) is 0 Å². The van der Waals surface area contributed by atoms with Gasteiger partial charge in [0.2, 0.25) is 0 Å². The van der Waals surface area contributed by atoms with Crippen LogP contribution in [0.15, 0.2) is 29.6 Å². The van der Waals surface area contributed by atoms with Gasteiger partial charge in [-0.2, -0.15) is 0 Å². The topological polar surface area (TPSA) is 72.0 Å². The highest BCUT2D eigenvalue weighted by atomic mass is 32.1. The Labute approximate surface area is 147 Å². The van der Waals surface area contributed by atoms with E-state index in [2.05, 4.69) is 15.3 Å². The number of halogens is 1. The number of carbonyl (C=O) groups is 2. The number of anilines is 1. The van der Waals surface area contributed by atoms with Crippen molar-refractivity contribution in [3.05, 3.63) is 52.4 Å². The lowest BCUT2D eigenvalue weighted by molar-refractivity contribution is -0.129. The fourth-order valence-electron chi connectivity index (χ4n) is 2.45. The van der Waals surface area contributed by atoms with Crippen LogP contribution in [0.4, 0.5) is 10.2 Å². The van der Waals surface area contributed by atoms with Crippen molar-refractivity contribution in [3.63, 3.8) is 0 Å². The van der Waals surface area contributed by atoms with E-state index in [1.807, 2.05) is 12.3 Å². The van der Waals surface area contributed by atoms with Gasteiger partial charge >= 0.3 is 0 Å². The number of aryl methyl sites for hydroxylation is 2. The zero-order chi connectivity index (χ0) is 17.8. The highest BCUT2D eigenvalue weighted by Gasteiger charge is 2.13. The van der Waals surface area contributed by atoms with Gasteiger partial charge in [0.15, 0.2) is 12.1 Å². The molecule has 2 aromatic heterocycles. The van der Waals surface area contributed by atoms with Crippen molar-refractivity contribution in [2.75, 3.05) is 5.32 Å². The second kappa shape index (κ2) is 7.48. The number of ketones is 1. The largest absolute Gasteiger partial charge is 0.365 e. The van der Waals surface area contributed by atoms with Gasteiger partial charge in [-0.25, -0.2) is 14.4 Å². The van der Waals surface area contributed by atoms with E-state index in [9.17, 15) is 14.0 Å². The molecule has 0 spiro atoms. The average molecular weight is 357 g/mol. The number of aromatic nitrogens is 2. The number of hydrogen-bond acceptors (Lipinski definition) is 6. The summed E-state index contributed by atoms with van der Waals surface area (Å²) in [4.78, 5) is 31.5. The van der Waals surface area contributed by atoms with Crippen LogP contribution in [0.25, 0.3) is 10.2 Å². The van der Waals surface area contributed by atoms with Crippen molar-refractivity contribution in [1.82, 2.24) is 9.97 Å². The molecule has 0 saturated carbocycles. The predicted octanol–water partition coefficient (Wildman–Crippen LogP) is 3.45. The van der Waals surface area contributed by atoms with E-state index in [1.54, 1.807) is 12.1 Å². The smallest absolute Gasteiger partial charge is 0.195 e. The van der Waals surface area contributed by atoms with E-state index in [4.69, 9.17) is 0 Å². The molecule has 3 aromatic rings. The zero-order valence-electron chi connectivity index (χ0n) is 13.6. The molecule has 0 unspecified atom stereocenters. The third kappa shape index (κ3) is 4.06. The van der Waals surface area contributed by atoms with Gasteiger partial charge in [0, 0.05) is 19.4 Å². The Bertz CT molecular complexity index is 922. The maximum absolute atomic E-state index is 13.0. The second-order valence-electron chi connectivity index (χ2n) is 5.65. The van der Waals surface area contributed by atoms with Gasteiger partial charge in [0.05, 0.1) is 5.39 Å². The predicted molar refractivity (Wildman–Crippen MR) is 95.3 cm³/mol. The highest BCUT2D eigenvalue weighted by Crippen LogP contribution is 2.30. The molecule has 0 fully saturated rings. The Morgan fingerprint density at radius 1 is 1.28 bits per heavy atom. The highest BCUT2D eigenvalue weighted by molar-refractivity contribution is 7.17. The molecule has 7 heteroatoms. The number of fused-ring (bicyclic) bond motifs is 1. The number of Topliss-reactive ketones (excluding diaryl/α,β-unsaturated/α-hetero) is 1. The first-order chi connectivity index (χ1) is 12.1. The summed E-state index contributed by atoms with van der Waals surface area (Å²) >= 11 is 1.51. The lowest BCUT2D eigenvalue weighted by atomic mass is 10.2.